The van der Waals surface area contributed by atoms with Crippen molar-refractivity contribution in [1.29, 1.82) is 0 Å². The standard InChI is InChI=1S/C21H20ClN3O4/c1-14(23-20(27)16-7-9-17(22)10-8-16)21(28)29-13-19(26)25-12-11-18(24-25)15-5-3-2-4-6-15/h2-10,14H,11-13H2,1H3,(H,23,27)/t14-/m0/s1. The SMILES string of the molecule is C[C@H](NC(=O)c1ccc(Cl)cc1)C(=O)OCC(=O)N1CCC(c2ccccc2)=N1. The van der Waals surface area contributed by atoms with E-state index in [1.807, 2.05) is 30.3 Å². The molecule has 0 bridgehead atoms. The summed E-state index contributed by atoms with van der Waals surface area (Å²) in [5, 5.41) is 8.64. The van der Waals surface area contributed by atoms with Crippen LogP contribution in [-0.4, -0.2) is 47.7 Å². The number of nitrogens with one attached hydrogen (secondary N) is 1. The van der Waals surface area contributed by atoms with Gasteiger partial charge in [-0.1, -0.05) is 41.9 Å². The van der Waals surface area contributed by atoms with Gasteiger partial charge in [-0.25, -0.2) is 9.80 Å². The molecular formula is C21H20ClN3O4. The maximum absolute atomic E-state index is 12.3. The number of hydrazone groups is 1. The molecule has 0 radical (unpaired) electrons. The molecule has 8 heteroatoms. The Labute approximate surface area is 173 Å². The van der Waals surface area contributed by atoms with Crippen molar-refractivity contribution in [3.63, 3.8) is 0 Å². The molecule has 2 aromatic rings. The van der Waals surface area contributed by atoms with Crippen LogP contribution in [0.1, 0.15) is 29.3 Å². The molecule has 0 spiro atoms. The first kappa shape index (κ1) is 20.5. The van der Waals surface area contributed by atoms with Gasteiger partial charge in [0.1, 0.15) is 6.04 Å². The molecule has 1 heterocycles. The minimum atomic E-state index is -0.909. The van der Waals surface area contributed by atoms with Crippen molar-refractivity contribution in [3.05, 3.63) is 70.7 Å². The predicted molar refractivity (Wildman–Crippen MR) is 109 cm³/mol. The Morgan fingerprint density at radius 3 is 2.52 bits per heavy atom. The highest BCUT2D eigenvalue weighted by Gasteiger charge is 2.24. The van der Waals surface area contributed by atoms with Crippen LogP contribution in [-0.2, 0) is 14.3 Å². The van der Waals surface area contributed by atoms with Gasteiger partial charge in [0.25, 0.3) is 11.8 Å². The van der Waals surface area contributed by atoms with Gasteiger partial charge in [-0.05, 0) is 36.8 Å². The summed E-state index contributed by atoms with van der Waals surface area (Å²) >= 11 is 5.79. The number of halogens is 1. The molecule has 2 amide bonds. The van der Waals surface area contributed by atoms with Crippen molar-refractivity contribution in [2.75, 3.05) is 13.2 Å². The first-order chi connectivity index (χ1) is 13.9. The summed E-state index contributed by atoms with van der Waals surface area (Å²) in [5.41, 5.74) is 2.14. The number of rotatable bonds is 6. The Hall–Kier alpha value is -3.19. The highest BCUT2D eigenvalue weighted by Crippen LogP contribution is 2.14. The summed E-state index contributed by atoms with van der Waals surface area (Å²) in [5.74, 6) is -1.55. The molecule has 0 aromatic heterocycles. The lowest BCUT2D eigenvalue weighted by Crippen LogP contribution is -2.41. The summed E-state index contributed by atoms with van der Waals surface area (Å²) in [6.45, 7) is 1.48. The molecule has 150 valence electrons. The number of nitrogens with zero attached hydrogens (tertiary/aromatic N) is 2. The number of esters is 1. The second kappa shape index (κ2) is 9.34. The monoisotopic (exact) mass is 413 g/mol. The Bertz CT molecular complexity index is 929. The zero-order valence-electron chi connectivity index (χ0n) is 15.8. The van der Waals surface area contributed by atoms with Crippen molar-refractivity contribution < 1.29 is 19.1 Å². The lowest BCUT2D eigenvalue weighted by atomic mass is 10.1. The van der Waals surface area contributed by atoms with Crippen LogP contribution in [0.15, 0.2) is 59.7 Å². The molecule has 1 N–H and O–H groups in total. The van der Waals surface area contributed by atoms with Crippen LogP contribution in [0.2, 0.25) is 5.02 Å². The minimum absolute atomic E-state index is 0.366. The van der Waals surface area contributed by atoms with Gasteiger partial charge in [0.15, 0.2) is 6.61 Å². The molecule has 2 aromatic carbocycles. The molecule has 0 saturated carbocycles. The predicted octanol–water partition coefficient (Wildman–Crippen LogP) is 2.64. The highest BCUT2D eigenvalue weighted by molar-refractivity contribution is 6.30. The van der Waals surface area contributed by atoms with Crippen molar-refractivity contribution in [3.8, 4) is 0 Å². The fourth-order valence-corrected chi connectivity index (χ4v) is 2.87. The second-order valence-electron chi connectivity index (χ2n) is 6.49. The van der Waals surface area contributed by atoms with Gasteiger partial charge in [0, 0.05) is 17.0 Å². The van der Waals surface area contributed by atoms with Crippen molar-refractivity contribution in [2.45, 2.75) is 19.4 Å². The van der Waals surface area contributed by atoms with Crippen molar-refractivity contribution >= 4 is 35.1 Å². The van der Waals surface area contributed by atoms with Gasteiger partial charge in [0.05, 0.1) is 12.3 Å². The zero-order chi connectivity index (χ0) is 20.8. The molecule has 0 aliphatic carbocycles. The van der Waals surface area contributed by atoms with E-state index in [-0.39, 0.29) is 0 Å². The highest BCUT2D eigenvalue weighted by atomic mass is 35.5. The van der Waals surface area contributed by atoms with E-state index in [4.69, 9.17) is 16.3 Å². The van der Waals surface area contributed by atoms with E-state index >= 15 is 0 Å². The van der Waals surface area contributed by atoms with E-state index in [0.717, 1.165) is 11.3 Å². The normalized spacial score (nSPS) is 14.1. The summed E-state index contributed by atoms with van der Waals surface area (Å²) in [6, 6.07) is 14.9. The first-order valence-corrected chi connectivity index (χ1v) is 9.48. The van der Waals surface area contributed by atoms with E-state index in [2.05, 4.69) is 10.4 Å². The Morgan fingerprint density at radius 2 is 1.83 bits per heavy atom. The lowest BCUT2D eigenvalue weighted by molar-refractivity contribution is -0.153. The first-order valence-electron chi connectivity index (χ1n) is 9.10. The molecule has 3 rings (SSSR count). The number of carbonyl (C=O) groups excluding carboxylic acids is 3. The number of hydrogen-bond donors (Lipinski definition) is 1. The molecule has 0 unspecified atom stereocenters. The smallest absolute Gasteiger partial charge is 0.328 e. The van der Waals surface area contributed by atoms with Crippen LogP contribution in [0.3, 0.4) is 0 Å². The van der Waals surface area contributed by atoms with Crippen molar-refractivity contribution in [2.24, 2.45) is 5.10 Å². The van der Waals surface area contributed by atoms with E-state index in [9.17, 15) is 14.4 Å². The average Bonchev–Trinajstić information content (AvgIpc) is 3.23. The van der Waals surface area contributed by atoms with Crippen LogP contribution in [0.4, 0.5) is 0 Å². The number of carbonyl (C=O) groups is 3. The molecule has 0 saturated heterocycles. The van der Waals surface area contributed by atoms with Crippen LogP contribution in [0, 0.1) is 0 Å². The van der Waals surface area contributed by atoms with Crippen LogP contribution < -0.4 is 5.32 Å². The second-order valence-corrected chi connectivity index (χ2v) is 6.93. The zero-order valence-corrected chi connectivity index (χ0v) is 16.6. The van der Waals surface area contributed by atoms with E-state index in [1.54, 1.807) is 24.3 Å². The van der Waals surface area contributed by atoms with Gasteiger partial charge >= 0.3 is 5.97 Å². The summed E-state index contributed by atoms with van der Waals surface area (Å²) in [6.07, 6.45) is 0.636. The number of hydrogen-bond acceptors (Lipinski definition) is 5. The molecule has 7 nitrogen and oxygen atoms in total. The third kappa shape index (κ3) is 5.42. The molecular weight excluding hydrogens is 394 g/mol. The van der Waals surface area contributed by atoms with E-state index in [0.29, 0.717) is 23.6 Å². The van der Waals surface area contributed by atoms with Gasteiger partial charge in [-0.15, -0.1) is 0 Å². The molecule has 1 aliphatic rings. The Kier molecular flexibility index (Phi) is 6.61. The minimum Gasteiger partial charge on any atom is -0.454 e. The van der Waals surface area contributed by atoms with Crippen LogP contribution in [0.25, 0.3) is 0 Å². The number of amides is 2. The quantitative estimate of drug-likeness (QED) is 0.737. The molecule has 1 aliphatic heterocycles. The van der Waals surface area contributed by atoms with Gasteiger partial charge < -0.3 is 10.1 Å². The Morgan fingerprint density at radius 1 is 1.14 bits per heavy atom. The van der Waals surface area contributed by atoms with Crippen LogP contribution >= 0.6 is 11.6 Å². The van der Waals surface area contributed by atoms with Gasteiger partial charge in [0.2, 0.25) is 0 Å². The van der Waals surface area contributed by atoms with Gasteiger partial charge in [-0.2, -0.15) is 5.10 Å². The molecule has 29 heavy (non-hydrogen) atoms. The molecule has 0 fully saturated rings. The number of benzene rings is 2. The summed E-state index contributed by atoms with van der Waals surface area (Å²) < 4.78 is 5.04. The third-order valence-electron chi connectivity index (χ3n) is 4.34. The van der Waals surface area contributed by atoms with E-state index in [1.165, 1.54) is 11.9 Å². The largest absolute Gasteiger partial charge is 0.454 e. The molecule has 1 atom stereocenters. The fourth-order valence-electron chi connectivity index (χ4n) is 2.74. The van der Waals surface area contributed by atoms with Gasteiger partial charge in [-0.3, -0.25) is 9.59 Å². The Balaban J connectivity index is 1.48. The fraction of sp³-hybridized carbons (Fsp3) is 0.238. The topological polar surface area (TPSA) is 88.1 Å². The lowest BCUT2D eigenvalue weighted by Gasteiger charge is -2.15. The van der Waals surface area contributed by atoms with Crippen molar-refractivity contribution in [1.82, 2.24) is 10.3 Å². The maximum atomic E-state index is 12.3. The van der Waals surface area contributed by atoms with Crippen LogP contribution in [0.5, 0.6) is 0 Å². The third-order valence-corrected chi connectivity index (χ3v) is 4.59. The van der Waals surface area contributed by atoms with E-state index < -0.39 is 30.4 Å². The average molecular weight is 414 g/mol. The summed E-state index contributed by atoms with van der Waals surface area (Å²) in [4.78, 5) is 36.5. The maximum Gasteiger partial charge on any atom is 0.328 e. The number of ether oxygens (including phenoxy) is 1. The summed E-state index contributed by atoms with van der Waals surface area (Å²) in [7, 11) is 0.